The molecule has 5 nitrogen and oxygen atoms in total. The normalized spacial score (nSPS) is 11.0. The Bertz CT molecular complexity index is 892. The number of phenols is 1. The number of halogens is 1. The van der Waals surface area contributed by atoms with Crippen LogP contribution in [-0.2, 0) is 0 Å². The van der Waals surface area contributed by atoms with Gasteiger partial charge in [-0.2, -0.15) is 5.10 Å². The molecule has 0 radical (unpaired) electrons. The molecule has 0 fully saturated rings. The summed E-state index contributed by atoms with van der Waals surface area (Å²) >= 11 is 0. The first-order valence-electron chi connectivity index (χ1n) is 6.81. The fourth-order valence-electron chi connectivity index (χ4n) is 2.12. The van der Waals surface area contributed by atoms with Gasteiger partial charge in [-0.25, -0.2) is 9.82 Å². The van der Waals surface area contributed by atoms with Gasteiger partial charge in [0.1, 0.15) is 17.1 Å². The summed E-state index contributed by atoms with van der Waals surface area (Å²) in [5.41, 5.74) is 3.84. The fraction of sp³-hybridized carbons (Fsp3) is 0. The highest BCUT2D eigenvalue weighted by atomic mass is 19.1. The van der Waals surface area contributed by atoms with E-state index < -0.39 is 11.7 Å². The van der Waals surface area contributed by atoms with E-state index in [1.165, 1.54) is 36.5 Å². The summed E-state index contributed by atoms with van der Waals surface area (Å²) in [4.78, 5) is 16.0. The van der Waals surface area contributed by atoms with Gasteiger partial charge in [0.05, 0.1) is 6.21 Å². The second-order valence-electron chi connectivity index (χ2n) is 4.78. The van der Waals surface area contributed by atoms with Gasteiger partial charge in [-0.1, -0.05) is 6.07 Å². The van der Waals surface area contributed by atoms with Crippen LogP contribution in [-0.4, -0.2) is 22.2 Å². The standard InChI is InChI=1S/C17H12FN3O2/c18-13-6-3-11(4-7-13)17(23)21-20-10-12-5-8-15(22)16-14(12)2-1-9-19-16/h1-10,22H,(H,21,23)/b20-10-. The minimum absolute atomic E-state index is 0.0769. The maximum absolute atomic E-state index is 12.8. The Labute approximate surface area is 131 Å². The highest BCUT2D eigenvalue weighted by Gasteiger charge is 2.06. The summed E-state index contributed by atoms with van der Waals surface area (Å²) in [6.45, 7) is 0. The average Bonchev–Trinajstić information content (AvgIpc) is 2.58. The summed E-state index contributed by atoms with van der Waals surface area (Å²) in [5.74, 6) is -0.774. The number of carbonyl (C=O) groups excluding carboxylic acids is 1. The molecule has 0 aliphatic heterocycles. The van der Waals surface area contributed by atoms with E-state index in [4.69, 9.17) is 0 Å². The number of hydrogen-bond donors (Lipinski definition) is 2. The van der Waals surface area contributed by atoms with Crippen molar-refractivity contribution in [2.24, 2.45) is 5.10 Å². The molecule has 0 aliphatic carbocycles. The number of amides is 1. The predicted octanol–water partition coefficient (Wildman–Crippen LogP) is 2.84. The van der Waals surface area contributed by atoms with E-state index in [2.05, 4.69) is 15.5 Å². The lowest BCUT2D eigenvalue weighted by molar-refractivity contribution is 0.0955. The van der Waals surface area contributed by atoms with Gasteiger partial charge < -0.3 is 5.11 Å². The molecule has 23 heavy (non-hydrogen) atoms. The van der Waals surface area contributed by atoms with Crippen molar-refractivity contribution in [2.75, 3.05) is 0 Å². The molecule has 0 saturated heterocycles. The number of rotatable bonds is 3. The van der Waals surface area contributed by atoms with E-state index in [9.17, 15) is 14.3 Å². The summed E-state index contributed by atoms with van der Waals surface area (Å²) in [6, 6.07) is 11.9. The van der Waals surface area contributed by atoms with Crippen molar-refractivity contribution in [3.63, 3.8) is 0 Å². The molecule has 0 bridgehead atoms. The number of hydrogen-bond acceptors (Lipinski definition) is 4. The molecule has 1 heterocycles. The van der Waals surface area contributed by atoms with E-state index in [-0.39, 0.29) is 5.75 Å². The van der Waals surface area contributed by atoms with E-state index in [0.29, 0.717) is 22.0 Å². The zero-order valence-electron chi connectivity index (χ0n) is 11.9. The molecule has 0 spiro atoms. The number of nitrogens with one attached hydrogen (secondary N) is 1. The maximum Gasteiger partial charge on any atom is 0.271 e. The first-order valence-corrected chi connectivity index (χ1v) is 6.81. The molecule has 0 aliphatic rings. The Balaban J connectivity index is 1.80. The van der Waals surface area contributed by atoms with Crippen molar-refractivity contribution in [1.82, 2.24) is 10.4 Å². The van der Waals surface area contributed by atoms with Crippen molar-refractivity contribution >= 4 is 23.0 Å². The van der Waals surface area contributed by atoms with Crippen LogP contribution in [0.25, 0.3) is 10.9 Å². The van der Waals surface area contributed by atoms with Gasteiger partial charge in [0.25, 0.3) is 5.91 Å². The number of fused-ring (bicyclic) bond motifs is 1. The van der Waals surface area contributed by atoms with Crippen LogP contribution in [0.1, 0.15) is 15.9 Å². The summed E-state index contributed by atoms with van der Waals surface area (Å²) < 4.78 is 12.8. The highest BCUT2D eigenvalue weighted by Crippen LogP contribution is 2.24. The van der Waals surface area contributed by atoms with Gasteiger partial charge in [0, 0.05) is 22.7 Å². The van der Waals surface area contributed by atoms with Crippen LogP contribution in [0.5, 0.6) is 5.75 Å². The van der Waals surface area contributed by atoms with Crippen LogP contribution in [0.4, 0.5) is 4.39 Å². The number of carbonyl (C=O) groups is 1. The second-order valence-corrected chi connectivity index (χ2v) is 4.78. The predicted molar refractivity (Wildman–Crippen MR) is 84.9 cm³/mol. The third-order valence-corrected chi connectivity index (χ3v) is 3.26. The quantitative estimate of drug-likeness (QED) is 0.577. The van der Waals surface area contributed by atoms with E-state index in [1.54, 1.807) is 24.4 Å². The van der Waals surface area contributed by atoms with Crippen molar-refractivity contribution in [3.8, 4) is 5.75 Å². The van der Waals surface area contributed by atoms with Crippen LogP contribution in [0.2, 0.25) is 0 Å². The molecule has 0 unspecified atom stereocenters. The monoisotopic (exact) mass is 309 g/mol. The third kappa shape index (κ3) is 3.16. The summed E-state index contributed by atoms with van der Waals surface area (Å²) in [5, 5.41) is 14.4. The molecule has 0 atom stereocenters. The Kier molecular flexibility index (Phi) is 3.97. The smallest absolute Gasteiger partial charge is 0.271 e. The molecular weight excluding hydrogens is 297 g/mol. The number of aromatic hydroxyl groups is 1. The summed E-state index contributed by atoms with van der Waals surface area (Å²) in [7, 11) is 0. The molecule has 0 saturated carbocycles. The lowest BCUT2D eigenvalue weighted by Crippen LogP contribution is -2.17. The van der Waals surface area contributed by atoms with E-state index in [1.807, 2.05) is 0 Å². The number of aromatic nitrogens is 1. The summed E-state index contributed by atoms with van der Waals surface area (Å²) in [6.07, 6.45) is 3.05. The van der Waals surface area contributed by atoms with Gasteiger partial charge in [0.2, 0.25) is 0 Å². The molecule has 114 valence electrons. The first kappa shape index (κ1) is 14.6. The third-order valence-electron chi connectivity index (χ3n) is 3.26. The molecule has 1 aromatic heterocycles. The number of hydrazone groups is 1. The van der Waals surface area contributed by atoms with Gasteiger partial charge in [-0.3, -0.25) is 9.78 Å². The molecule has 2 N–H and O–H groups in total. The van der Waals surface area contributed by atoms with Gasteiger partial charge in [-0.05, 0) is 42.5 Å². The SMILES string of the molecule is O=C(N/N=C\c1ccc(O)c2ncccc12)c1ccc(F)cc1. The molecular formula is C17H12FN3O2. The Hall–Kier alpha value is -3.28. The fourth-order valence-corrected chi connectivity index (χ4v) is 2.12. The zero-order chi connectivity index (χ0) is 16.2. The molecule has 2 aromatic carbocycles. The van der Waals surface area contributed by atoms with Crippen molar-refractivity contribution in [2.45, 2.75) is 0 Å². The molecule has 3 aromatic rings. The Morgan fingerprint density at radius 1 is 1.17 bits per heavy atom. The van der Waals surface area contributed by atoms with Crippen LogP contribution >= 0.6 is 0 Å². The van der Waals surface area contributed by atoms with Gasteiger partial charge in [-0.15, -0.1) is 0 Å². The lowest BCUT2D eigenvalue weighted by atomic mass is 10.1. The number of pyridine rings is 1. The number of nitrogens with zero attached hydrogens (tertiary/aromatic N) is 2. The van der Waals surface area contributed by atoms with Crippen LogP contribution in [0.15, 0.2) is 59.8 Å². The van der Waals surface area contributed by atoms with Crippen molar-refractivity contribution in [3.05, 3.63) is 71.7 Å². The number of phenolic OH excluding ortho intramolecular Hbond substituents is 1. The minimum atomic E-state index is -0.442. The first-order chi connectivity index (χ1) is 11.1. The Morgan fingerprint density at radius 2 is 1.96 bits per heavy atom. The molecule has 1 amide bonds. The van der Waals surface area contributed by atoms with Crippen molar-refractivity contribution < 1.29 is 14.3 Å². The lowest BCUT2D eigenvalue weighted by Gasteiger charge is -2.03. The van der Waals surface area contributed by atoms with Gasteiger partial charge >= 0.3 is 0 Å². The second kappa shape index (κ2) is 6.23. The molecule has 3 rings (SSSR count). The average molecular weight is 309 g/mol. The topological polar surface area (TPSA) is 74.6 Å². The van der Waals surface area contributed by atoms with E-state index >= 15 is 0 Å². The van der Waals surface area contributed by atoms with Crippen LogP contribution in [0, 0.1) is 5.82 Å². The van der Waals surface area contributed by atoms with E-state index in [0.717, 1.165) is 0 Å². The van der Waals surface area contributed by atoms with Gasteiger partial charge in [0.15, 0.2) is 0 Å². The zero-order valence-corrected chi connectivity index (χ0v) is 11.9. The minimum Gasteiger partial charge on any atom is -0.506 e. The number of benzene rings is 2. The van der Waals surface area contributed by atoms with Crippen LogP contribution in [0.3, 0.4) is 0 Å². The molecule has 6 heteroatoms. The Morgan fingerprint density at radius 3 is 2.74 bits per heavy atom. The maximum atomic E-state index is 12.8. The highest BCUT2D eigenvalue weighted by molar-refractivity contribution is 6.01. The van der Waals surface area contributed by atoms with Crippen molar-refractivity contribution in [1.29, 1.82) is 0 Å². The largest absolute Gasteiger partial charge is 0.506 e. The van der Waals surface area contributed by atoms with Crippen LogP contribution < -0.4 is 5.43 Å².